The van der Waals surface area contributed by atoms with Crippen LogP contribution >= 0.6 is 0 Å². The molecule has 1 aliphatic heterocycles. The molecule has 96 valence electrons. The molecule has 2 unspecified atom stereocenters. The van der Waals surface area contributed by atoms with E-state index in [1.165, 1.54) is 0 Å². The van der Waals surface area contributed by atoms with Crippen molar-refractivity contribution in [3.8, 4) is 0 Å². The monoisotopic (exact) mass is 237 g/mol. The summed E-state index contributed by atoms with van der Waals surface area (Å²) in [7, 11) is 0. The summed E-state index contributed by atoms with van der Waals surface area (Å²) in [6.45, 7) is 8.16. The van der Waals surface area contributed by atoms with Crippen molar-refractivity contribution in [2.24, 2.45) is 0 Å². The molecule has 0 aromatic carbocycles. The van der Waals surface area contributed by atoms with Crippen LogP contribution in [-0.4, -0.2) is 28.5 Å². The molecule has 1 aromatic rings. The molecule has 2 atom stereocenters. The molecular formula is C13H23N3O. The summed E-state index contributed by atoms with van der Waals surface area (Å²) in [5, 5.41) is 8.10. The molecule has 17 heavy (non-hydrogen) atoms. The summed E-state index contributed by atoms with van der Waals surface area (Å²) in [4.78, 5) is 0. The minimum Gasteiger partial charge on any atom is -0.378 e. The second-order valence-corrected chi connectivity index (χ2v) is 5.16. The molecule has 4 heteroatoms. The second-order valence-electron chi connectivity index (χ2n) is 5.16. The Morgan fingerprint density at radius 1 is 1.59 bits per heavy atom. The third-order valence-electron chi connectivity index (χ3n) is 3.25. The molecule has 1 N–H and O–H groups in total. The van der Waals surface area contributed by atoms with Crippen LogP contribution < -0.4 is 5.32 Å². The Hall–Kier alpha value is -0.870. The Morgan fingerprint density at radius 2 is 2.41 bits per heavy atom. The van der Waals surface area contributed by atoms with Gasteiger partial charge in [-0.05, 0) is 39.7 Å². The zero-order valence-electron chi connectivity index (χ0n) is 11.0. The highest BCUT2D eigenvalue weighted by molar-refractivity contribution is 4.99. The number of nitrogens with zero attached hydrogens (tertiary/aromatic N) is 2. The predicted molar refractivity (Wildman–Crippen MR) is 67.9 cm³/mol. The Morgan fingerprint density at radius 3 is 3.06 bits per heavy atom. The molecule has 0 amide bonds. The fourth-order valence-corrected chi connectivity index (χ4v) is 2.19. The van der Waals surface area contributed by atoms with E-state index in [-0.39, 0.29) is 0 Å². The summed E-state index contributed by atoms with van der Waals surface area (Å²) in [5.74, 6) is 0. The van der Waals surface area contributed by atoms with Crippen molar-refractivity contribution in [1.82, 2.24) is 15.1 Å². The molecular weight excluding hydrogens is 214 g/mol. The molecule has 2 rings (SSSR count). The fraction of sp³-hybridized carbons (Fsp3) is 0.769. The number of nitrogens with one attached hydrogen (secondary N) is 1. The van der Waals surface area contributed by atoms with Gasteiger partial charge in [-0.2, -0.15) is 5.10 Å². The third-order valence-corrected chi connectivity index (χ3v) is 3.25. The number of aromatic nitrogens is 2. The SMILES string of the molecule is CC1CC(NCc2ccn(C(C)C)n2)CCO1. The van der Waals surface area contributed by atoms with Gasteiger partial charge in [0.1, 0.15) is 0 Å². The molecule has 0 radical (unpaired) electrons. The van der Waals surface area contributed by atoms with Crippen LogP contribution in [0.25, 0.3) is 0 Å². The molecule has 1 aromatic heterocycles. The molecule has 0 saturated carbocycles. The van der Waals surface area contributed by atoms with Crippen LogP contribution in [0.15, 0.2) is 12.3 Å². The van der Waals surface area contributed by atoms with Crippen molar-refractivity contribution >= 4 is 0 Å². The largest absolute Gasteiger partial charge is 0.378 e. The molecule has 1 aliphatic rings. The first-order valence-corrected chi connectivity index (χ1v) is 6.54. The Balaban J connectivity index is 1.80. The van der Waals surface area contributed by atoms with Crippen molar-refractivity contribution in [3.05, 3.63) is 18.0 Å². The van der Waals surface area contributed by atoms with Gasteiger partial charge < -0.3 is 10.1 Å². The van der Waals surface area contributed by atoms with E-state index in [2.05, 4.69) is 37.3 Å². The van der Waals surface area contributed by atoms with Crippen LogP contribution in [0, 0.1) is 0 Å². The van der Waals surface area contributed by atoms with Gasteiger partial charge in [0, 0.05) is 31.4 Å². The van der Waals surface area contributed by atoms with E-state index < -0.39 is 0 Å². The van der Waals surface area contributed by atoms with Gasteiger partial charge in [0.05, 0.1) is 11.8 Å². The Labute approximate surface area is 103 Å². The number of ether oxygens (including phenoxy) is 1. The lowest BCUT2D eigenvalue weighted by molar-refractivity contribution is 0.0130. The lowest BCUT2D eigenvalue weighted by atomic mass is 10.0. The smallest absolute Gasteiger partial charge is 0.0762 e. The first kappa shape index (κ1) is 12.6. The first-order valence-electron chi connectivity index (χ1n) is 6.54. The summed E-state index contributed by atoms with van der Waals surface area (Å²) in [6.07, 6.45) is 4.64. The average molecular weight is 237 g/mol. The van der Waals surface area contributed by atoms with E-state index in [0.29, 0.717) is 18.2 Å². The van der Waals surface area contributed by atoms with E-state index in [4.69, 9.17) is 4.74 Å². The minimum atomic E-state index is 0.384. The highest BCUT2D eigenvalue weighted by atomic mass is 16.5. The van der Waals surface area contributed by atoms with Crippen LogP contribution in [0.1, 0.15) is 45.3 Å². The molecule has 0 aliphatic carbocycles. The summed E-state index contributed by atoms with van der Waals surface area (Å²) >= 11 is 0. The normalized spacial score (nSPS) is 25.4. The molecule has 0 bridgehead atoms. The van der Waals surface area contributed by atoms with E-state index in [1.54, 1.807) is 0 Å². The van der Waals surface area contributed by atoms with E-state index >= 15 is 0 Å². The van der Waals surface area contributed by atoms with Gasteiger partial charge in [0.2, 0.25) is 0 Å². The average Bonchev–Trinajstić information content (AvgIpc) is 2.75. The van der Waals surface area contributed by atoms with E-state index in [1.807, 2.05) is 10.9 Å². The van der Waals surface area contributed by atoms with Gasteiger partial charge in [-0.15, -0.1) is 0 Å². The maximum absolute atomic E-state index is 5.54. The predicted octanol–water partition coefficient (Wildman–Crippen LogP) is 2.12. The molecule has 1 saturated heterocycles. The van der Waals surface area contributed by atoms with Gasteiger partial charge in [0.15, 0.2) is 0 Å². The van der Waals surface area contributed by atoms with Gasteiger partial charge in [0.25, 0.3) is 0 Å². The quantitative estimate of drug-likeness (QED) is 0.872. The van der Waals surface area contributed by atoms with Crippen LogP contribution in [0.4, 0.5) is 0 Å². The fourth-order valence-electron chi connectivity index (χ4n) is 2.19. The van der Waals surface area contributed by atoms with Crippen LogP contribution in [-0.2, 0) is 11.3 Å². The third kappa shape index (κ3) is 3.54. The maximum Gasteiger partial charge on any atom is 0.0762 e. The summed E-state index contributed by atoms with van der Waals surface area (Å²) < 4.78 is 7.54. The number of rotatable bonds is 4. The second kappa shape index (κ2) is 5.65. The lowest BCUT2D eigenvalue weighted by Gasteiger charge is -2.27. The van der Waals surface area contributed by atoms with E-state index in [0.717, 1.165) is 31.7 Å². The van der Waals surface area contributed by atoms with Crippen molar-refractivity contribution in [1.29, 1.82) is 0 Å². The first-order chi connectivity index (χ1) is 8.15. The van der Waals surface area contributed by atoms with Crippen LogP contribution in [0.2, 0.25) is 0 Å². The standard InChI is InChI=1S/C13H23N3O/c1-10(2)16-6-4-13(15-16)9-14-12-5-7-17-11(3)8-12/h4,6,10-12,14H,5,7-9H2,1-3H3. The van der Waals surface area contributed by atoms with Gasteiger partial charge >= 0.3 is 0 Å². The molecule has 0 spiro atoms. The van der Waals surface area contributed by atoms with Crippen LogP contribution in [0.5, 0.6) is 0 Å². The number of hydrogen-bond donors (Lipinski definition) is 1. The van der Waals surface area contributed by atoms with Gasteiger partial charge in [-0.1, -0.05) is 0 Å². The van der Waals surface area contributed by atoms with Crippen LogP contribution in [0.3, 0.4) is 0 Å². The maximum atomic E-state index is 5.54. The van der Waals surface area contributed by atoms with E-state index in [9.17, 15) is 0 Å². The number of hydrogen-bond acceptors (Lipinski definition) is 3. The van der Waals surface area contributed by atoms with Gasteiger partial charge in [-0.3, -0.25) is 4.68 Å². The molecule has 2 heterocycles. The zero-order valence-corrected chi connectivity index (χ0v) is 11.0. The lowest BCUT2D eigenvalue weighted by Crippen LogP contribution is -2.37. The van der Waals surface area contributed by atoms with Crippen molar-refractivity contribution in [2.45, 2.75) is 58.3 Å². The topological polar surface area (TPSA) is 39.1 Å². The summed E-state index contributed by atoms with van der Waals surface area (Å²) in [6, 6.07) is 3.10. The van der Waals surface area contributed by atoms with Gasteiger partial charge in [-0.25, -0.2) is 0 Å². The Kier molecular flexibility index (Phi) is 4.18. The zero-order chi connectivity index (χ0) is 12.3. The minimum absolute atomic E-state index is 0.384. The van der Waals surface area contributed by atoms with Crippen molar-refractivity contribution < 1.29 is 4.74 Å². The highest BCUT2D eigenvalue weighted by Crippen LogP contribution is 2.13. The molecule has 1 fully saturated rings. The van der Waals surface area contributed by atoms with Crippen molar-refractivity contribution in [3.63, 3.8) is 0 Å². The van der Waals surface area contributed by atoms with Crippen molar-refractivity contribution in [2.75, 3.05) is 6.61 Å². The summed E-state index contributed by atoms with van der Waals surface area (Å²) in [5.41, 5.74) is 1.12. The highest BCUT2D eigenvalue weighted by Gasteiger charge is 2.18. The Bertz CT molecular complexity index is 348. The molecule has 4 nitrogen and oxygen atoms in total.